The molecule has 0 fully saturated rings. The van der Waals surface area contributed by atoms with Gasteiger partial charge < -0.3 is 9.88 Å². The molecule has 0 radical (unpaired) electrons. The van der Waals surface area contributed by atoms with Gasteiger partial charge in [-0.05, 0) is 24.6 Å². The van der Waals surface area contributed by atoms with E-state index in [4.69, 9.17) is 5.26 Å². The average Bonchev–Trinajstić information content (AvgIpc) is 2.47. The minimum absolute atomic E-state index is 0.00702. The van der Waals surface area contributed by atoms with E-state index in [0.29, 0.717) is 17.4 Å². The molecule has 2 aromatic rings. The number of nitriles is 1. The second kappa shape index (κ2) is 6.55. The van der Waals surface area contributed by atoms with Crippen molar-refractivity contribution in [2.24, 2.45) is 0 Å². The second-order valence-electron chi connectivity index (χ2n) is 4.62. The normalized spacial score (nSPS) is 10.3. The SMILES string of the molecule is CCCN(CC#N)C(=O)c1cc(=O)c2cc(Br)ccc2[nH]1. The number of carbonyl (C=O) groups is 1. The number of aromatic nitrogens is 1. The van der Waals surface area contributed by atoms with Gasteiger partial charge in [0.15, 0.2) is 5.43 Å². The molecule has 0 aliphatic carbocycles. The van der Waals surface area contributed by atoms with Crippen LogP contribution in [0.4, 0.5) is 0 Å². The minimum atomic E-state index is -0.333. The topological polar surface area (TPSA) is 77.0 Å². The Kier molecular flexibility index (Phi) is 4.76. The summed E-state index contributed by atoms with van der Waals surface area (Å²) in [5.74, 6) is -0.333. The molecule has 0 atom stereocenters. The highest BCUT2D eigenvalue weighted by atomic mass is 79.9. The van der Waals surface area contributed by atoms with Crippen LogP contribution in [0, 0.1) is 11.3 Å². The van der Waals surface area contributed by atoms with Crippen molar-refractivity contribution in [3.05, 3.63) is 44.7 Å². The van der Waals surface area contributed by atoms with Crippen LogP contribution < -0.4 is 5.43 Å². The van der Waals surface area contributed by atoms with E-state index in [1.165, 1.54) is 11.0 Å². The lowest BCUT2D eigenvalue weighted by atomic mass is 10.2. The van der Waals surface area contributed by atoms with E-state index in [9.17, 15) is 9.59 Å². The number of halogens is 1. The number of amides is 1. The van der Waals surface area contributed by atoms with Gasteiger partial charge in [-0.1, -0.05) is 22.9 Å². The molecular weight excluding hydrogens is 334 g/mol. The molecule has 21 heavy (non-hydrogen) atoms. The highest BCUT2D eigenvalue weighted by Gasteiger charge is 2.16. The number of H-pyrrole nitrogens is 1. The Hall–Kier alpha value is -2.13. The summed E-state index contributed by atoms with van der Waals surface area (Å²) in [6.45, 7) is 2.41. The van der Waals surface area contributed by atoms with E-state index in [0.717, 1.165) is 10.9 Å². The number of hydrogen-bond acceptors (Lipinski definition) is 3. The van der Waals surface area contributed by atoms with E-state index in [1.54, 1.807) is 18.2 Å². The van der Waals surface area contributed by atoms with Crippen LogP contribution in [-0.4, -0.2) is 28.9 Å². The molecule has 5 nitrogen and oxygen atoms in total. The van der Waals surface area contributed by atoms with Crippen molar-refractivity contribution in [1.29, 1.82) is 5.26 Å². The van der Waals surface area contributed by atoms with E-state index in [1.807, 2.05) is 13.0 Å². The van der Waals surface area contributed by atoms with Crippen LogP contribution in [0.15, 0.2) is 33.5 Å². The van der Waals surface area contributed by atoms with Crippen LogP contribution in [0.1, 0.15) is 23.8 Å². The zero-order valence-electron chi connectivity index (χ0n) is 11.5. The molecule has 1 heterocycles. The maximum atomic E-state index is 12.4. The van der Waals surface area contributed by atoms with Gasteiger partial charge in [0, 0.05) is 28.0 Å². The highest BCUT2D eigenvalue weighted by Crippen LogP contribution is 2.16. The molecule has 2 rings (SSSR count). The van der Waals surface area contributed by atoms with Gasteiger partial charge in [0.25, 0.3) is 5.91 Å². The van der Waals surface area contributed by atoms with E-state index < -0.39 is 0 Å². The van der Waals surface area contributed by atoms with Crippen molar-refractivity contribution in [2.75, 3.05) is 13.1 Å². The standard InChI is InChI=1S/C15H14BrN3O2/c1-2-6-19(7-5-17)15(21)13-9-14(20)11-8-10(16)3-4-12(11)18-13/h3-4,8-9H,2,6-7H2,1H3,(H,18,20). The average molecular weight is 348 g/mol. The molecule has 6 heteroatoms. The summed E-state index contributed by atoms with van der Waals surface area (Å²) in [5, 5.41) is 9.31. The van der Waals surface area contributed by atoms with Crippen LogP contribution >= 0.6 is 15.9 Å². The quantitative estimate of drug-likeness (QED) is 0.863. The first kappa shape index (κ1) is 15.3. The smallest absolute Gasteiger partial charge is 0.271 e. The number of nitrogens with zero attached hydrogens (tertiary/aromatic N) is 2. The Morgan fingerprint density at radius 3 is 2.86 bits per heavy atom. The first-order valence-corrected chi connectivity index (χ1v) is 7.35. The molecular formula is C15H14BrN3O2. The molecule has 108 valence electrons. The van der Waals surface area contributed by atoms with E-state index in [-0.39, 0.29) is 23.6 Å². The number of rotatable bonds is 4. The van der Waals surface area contributed by atoms with Crippen LogP contribution in [-0.2, 0) is 0 Å². The van der Waals surface area contributed by atoms with Crippen LogP contribution in [0.5, 0.6) is 0 Å². The minimum Gasteiger partial charge on any atom is -0.350 e. The van der Waals surface area contributed by atoms with Crippen molar-refractivity contribution in [1.82, 2.24) is 9.88 Å². The van der Waals surface area contributed by atoms with Gasteiger partial charge in [-0.2, -0.15) is 5.26 Å². The highest BCUT2D eigenvalue weighted by molar-refractivity contribution is 9.10. The zero-order valence-corrected chi connectivity index (χ0v) is 13.1. The number of nitrogens with one attached hydrogen (secondary N) is 1. The maximum Gasteiger partial charge on any atom is 0.271 e. The summed E-state index contributed by atoms with van der Waals surface area (Å²) in [6, 6.07) is 8.51. The first-order valence-electron chi connectivity index (χ1n) is 6.55. The van der Waals surface area contributed by atoms with Crippen molar-refractivity contribution in [2.45, 2.75) is 13.3 Å². The summed E-state index contributed by atoms with van der Waals surface area (Å²) in [6.07, 6.45) is 0.748. The molecule has 0 spiro atoms. The molecule has 0 bridgehead atoms. The largest absolute Gasteiger partial charge is 0.350 e. The number of fused-ring (bicyclic) bond motifs is 1. The van der Waals surface area contributed by atoms with Crippen molar-refractivity contribution in [3.8, 4) is 6.07 Å². The van der Waals surface area contributed by atoms with Crippen LogP contribution in [0.2, 0.25) is 0 Å². The van der Waals surface area contributed by atoms with Crippen LogP contribution in [0.25, 0.3) is 10.9 Å². The van der Waals surface area contributed by atoms with Gasteiger partial charge in [-0.15, -0.1) is 0 Å². The Bertz CT molecular complexity index is 777. The fraction of sp³-hybridized carbons (Fsp3) is 0.267. The van der Waals surface area contributed by atoms with Crippen molar-refractivity contribution < 1.29 is 4.79 Å². The van der Waals surface area contributed by atoms with Gasteiger partial charge in [-0.3, -0.25) is 9.59 Å². The Labute approximate surface area is 130 Å². The molecule has 1 aromatic heterocycles. The molecule has 1 aromatic carbocycles. The van der Waals surface area contributed by atoms with Gasteiger partial charge >= 0.3 is 0 Å². The van der Waals surface area contributed by atoms with Gasteiger partial charge in [0.05, 0.1) is 6.07 Å². The number of pyridine rings is 1. The molecule has 0 unspecified atom stereocenters. The molecule has 1 amide bonds. The van der Waals surface area contributed by atoms with E-state index >= 15 is 0 Å². The number of aromatic amines is 1. The summed E-state index contributed by atoms with van der Waals surface area (Å²) in [4.78, 5) is 28.9. The summed E-state index contributed by atoms with van der Waals surface area (Å²) < 4.78 is 0.802. The lowest BCUT2D eigenvalue weighted by molar-refractivity contribution is 0.0770. The monoisotopic (exact) mass is 347 g/mol. The predicted octanol–water partition coefficient (Wildman–Crippen LogP) is 2.67. The lowest BCUT2D eigenvalue weighted by Crippen LogP contribution is -2.33. The third-order valence-electron chi connectivity index (χ3n) is 3.06. The Balaban J connectivity index is 2.47. The first-order chi connectivity index (χ1) is 10.1. The second-order valence-corrected chi connectivity index (χ2v) is 5.54. The predicted molar refractivity (Wildman–Crippen MR) is 84.1 cm³/mol. The molecule has 0 aliphatic rings. The van der Waals surface area contributed by atoms with Gasteiger partial charge in [0.1, 0.15) is 12.2 Å². The molecule has 0 saturated heterocycles. The Morgan fingerprint density at radius 1 is 1.43 bits per heavy atom. The third-order valence-corrected chi connectivity index (χ3v) is 3.56. The molecule has 1 N–H and O–H groups in total. The fourth-order valence-corrected chi connectivity index (χ4v) is 2.47. The third kappa shape index (κ3) is 3.31. The summed E-state index contributed by atoms with van der Waals surface area (Å²) in [5.41, 5.74) is 0.586. The van der Waals surface area contributed by atoms with Crippen LogP contribution in [0.3, 0.4) is 0 Å². The van der Waals surface area contributed by atoms with Crippen molar-refractivity contribution in [3.63, 3.8) is 0 Å². The Morgan fingerprint density at radius 2 is 2.19 bits per heavy atom. The molecule has 0 aliphatic heterocycles. The van der Waals surface area contributed by atoms with Gasteiger partial charge in [0.2, 0.25) is 0 Å². The number of hydrogen-bond donors (Lipinski definition) is 1. The summed E-state index contributed by atoms with van der Waals surface area (Å²) in [7, 11) is 0. The molecule has 0 saturated carbocycles. The maximum absolute atomic E-state index is 12.4. The van der Waals surface area contributed by atoms with Gasteiger partial charge in [-0.25, -0.2) is 0 Å². The lowest BCUT2D eigenvalue weighted by Gasteiger charge is -2.18. The fourth-order valence-electron chi connectivity index (χ4n) is 2.11. The number of benzene rings is 1. The van der Waals surface area contributed by atoms with E-state index in [2.05, 4.69) is 20.9 Å². The number of carbonyl (C=O) groups excluding carboxylic acids is 1. The van der Waals surface area contributed by atoms with Crippen molar-refractivity contribution >= 4 is 32.7 Å². The summed E-state index contributed by atoms with van der Waals surface area (Å²) >= 11 is 3.31. The zero-order chi connectivity index (χ0) is 15.4.